The summed E-state index contributed by atoms with van der Waals surface area (Å²) in [6, 6.07) is 13.1. The number of methoxy groups -OCH3 is 1. The molecule has 0 aliphatic carbocycles. The summed E-state index contributed by atoms with van der Waals surface area (Å²) >= 11 is 0. The Morgan fingerprint density at radius 3 is 2.21 bits per heavy atom. The summed E-state index contributed by atoms with van der Waals surface area (Å²) in [5.74, 6) is 1.16. The van der Waals surface area contributed by atoms with Gasteiger partial charge in [-0.05, 0) is 55.2 Å². The van der Waals surface area contributed by atoms with Gasteiger partial charge in [-0.3, -0.25) is 4.79 Å². The predicted octanol–water partition coefficient (Wildman–Crippen LogP) is 6.08. The van der Waals surface area contributed by atoms with Gasteiger partial charge in [0.25, 0.3) is 0 Å². The van der Waals surface area contributed by atoms with E-state index in [2.05, 4.69) is 9.98 Å². The molecule has 0 bridgehead atoms. The van der Waals surface area contributed by atoms with Crippen LogP contribution < -0.4 is 9.47 Å². The normalized spacial score (nSPS) is 10.5. The van der Waals surface area contributed by atoms with Gasteiger partial charge in [0.05, 0.1) is 12.7 Å². The molecule has 1 atom stereocenters. The van der Waals surface area contributed by atoms with Gasteiger partial charge in [-0.25, -0.2) is 9.98 Å². The van der Waals surface area contributed by atoms with Crippen molar-refractivity contribution in [1.82, 2.24) is 4.98 Å². The van der Waals surface area contributed by atoms with Gasteiger partial charge >= 0.3 is 0 Å². The van der Waals surface area contributed by atoms with E-state index in [4.69, 9.17) is 4.74 Å². The first-order chi connectivity index (χ1) is 16.0. The molecule has 0 amide bonds. The highest BCUT2D eigenvalue weighted by molar-refractivity contribution is 5.81. The molecule has 2 aromatic heterocycles. The van der Waals surface area contributed by atoms with E-state index in [1.54, 1.807) is 13.2 Å². The molecule has 2 heterocycles. The number of hydrogen-bond acceptors (Lipinski definition) is 5. The van der Waals surface area contributed by atoms with Crippen molar-refractivity contribution in [3.05, 3.63) is 88.5 Å². The monoisotopic (exact) mass is 449 g/mol. The van der Waals surface area contributed by atoms with E-state index in [0.717, 1.165) is 33.4 Å². The first-order valence-electron chi connectivity index (χ1n) is 11.3. The summed E-state index contributed by atoms with van der Waals surface area (Å²) in [7, 11) is 1.55. The molecule has 1 unspecified atom stereocenters. The van der Waals surface area contributed by atoms with Gasteiger partial charge in [-0.1, -0.05) is 39.8 Å². The predicted molar refractivity (Wildman–Crippen MR) is 135 cm³/mol. The van der Waals surface area contributed by atoms with Crippen LogP contribution in [0.4, 0.5) is 5.82 Å². The minimum absolute atomic E-state index is 0.0274. The van der Waals surface area contributed by atoms with Gasteiger partial charge in [0.1, 0.15) is 5.75 Å². The SMILES string of the molecule is CC.CC.COc1cc(C(Cc2cc[n+]([O-])cc2)c2ccc(N=C(C)C)nc2)ccc1C=O. The van der Waals surface area contributed by atoms with Crippen LogP contribution in [0.25, 0.3) is 0 Å². The molecule has 0 saturated heterocycles. The third kappa shape index (κ3) is 8.15. The van der Waals surface area contributed by atoms with Crippen molar-refractivity contribution < 1.29 is 14.3 Å². The van der Waals surface area contributed by atoms with E-state index in [9.17, 15) is 10.0 Å². The first kappa shape index (κ1) is 27.5. The van der Waals surface area contributed by atoms with Crippen molar-refractivity contribution in [2.45, 2.75) is 53.9 Å². The number of carbonyl (C=O) groups excluding carboxylic acids is 1. The molecule has 6 heteroatoms. The Bertz CT molecular complexity index is 1010. The molecule has 0 aliphatic heterocycles. The minimum atomic E-state index is -0.0274. The van der Waals surface area contributed by atoms with E-state index >= 15 is 0 Å². The van der Waals surface area contributed by atoms with Crippen LogP contribution in [0.2, 0.25) is 0 Å². The summed E-state index contributed by atoms with van der Waals surface area (Å²) in [6.45, 7) is 11.9. The largest absolute Gasteiger partial charge is 0.619 e. The van der Waals surface area contributed by atoms with Gasteiger partial charge in [0.15, 0.2) is 24.5 Å². The van der Waals surface area contributed by atoms with Crippen molar-refractivity contribution in [2.75, 3.05) is 7.11 Å². The molecule has 3 aromatic rings. The van der Waals surface area contributed by atoms with E-state index in [1.807, 2.05) is 84.1 Å². The number of pyridine rings is 2. The van der Waals surface area contributed by atoms with Crippen LogP contribution in [0, 0.1) is 5.21 Å². The third-order valence-corrected chi connectivity index (χ3v) is 4.61. The number of benzene rings is 1. The van der Waals surface area contributed by atoms with Crippen molar-refractivity contribution in [3.63, 3.8) is 0 Å². The number of carbonyl (C=O) groups is 1. The molecule has 0 spiro atoms. The Morgan fingerprint density at radius 1 is 1.06 bits per heavy atom. The molecule has 3 rings (SSSR count). The fraction of sp³-hybridized carbons (Fsp3) is 0.333. The summed E-state index contributed by atoms with van der Waals surface area (Å²) in [5, 5.41) is 11.4. The Balaban J connectivity index is 0.00000129. The van der Waals surface area contributed by atoms with Gasteiger partial charge in [-0.2, -0.15) is 4.73 Å². The molecule has 176 valence electrons. The zero-order valence-corrected chi connectivity index (χ0v) is 20.7. The molecule has 33 heavy (non-hydrogen) atoms. The van der Waals surface area contributed by atoms with Crippen molar-refractivity contribution in [3.8, 4) is 5.75 Å². The third-order valence-electron chi connectivity index (χ3n) is 4.61. The second kappa shape index (κ2) is 14.5. The average molecular weight is 450 g/mol. The maximum atomic E-state index is 11.4. The highest BCUT2D eigenvalue weighted by Gasteiger charge is 2.18. The second-order valence-corrected chi connectivity index (χ2v) is 6.95. The van der Waals surface area contributed by atoms with Crippen molar-refractivity contribution in [2.24, 2.45) is 4.99 Å². The number of rotatable bonds is 7. The van der Waals surface area contributed by atoms with E-state index < -0.39 is 0 Å². The lowest BCUT2D eigenvalue weighted by Gasteiger charge is -2.19. The van der Waals surface area contributed by atoms with Crippen LogP contribution in [0.3, 0.4) is 0 Å². The smallest absolute Gasteiger partial charge is 0.180 e. The zero-order chi connectivity index (χ0) is 24.8. The Hall–Kier alpha value is -3.54. The highest BCUT2D eigenvalue weighted by atomic mass is 16.5. The van der Waals surface area contributed by atoms with E-state index in [0.29, 0.717) is 23.6 Å². The lowest BCUT2D eigenvalue weighted by atomic mass is 9.86. The minimum Gasteiger partial charge on any atom is -0.619 e. The van der Waals surface area contributed by atoms with Crippen molar-refractivity contribution in [1.29, 1.82) is 0 Å². The molecule has 0 N–H and O–H groups in total. The lowest BCUT2D eigenvalue weighted by molar-refractivity contribution is -0.605. The Labute approximate surface area is 197 Å². The summed E-state index contributed by atoms with van der Waals surface area (Å²) in [5.41, 5.74) is 4.47. The summed E-state index contributed by atoms with van der Waals surface area (Å²) in [6.07, 6.45) is 6.25. The summed E-state index contributed by atoms with van der Waals surface area (Å²) < 4.78 is 6.15. The van der Waals surface area contributed by atoms with Gasteiger partial charge < -0.3 is 9.94 Å². The highest BCUT2D eigenvalue weighted by Crippen LogP contribution is 2.32. The van der Waals surface area contributed by atoms with Crippen LogP contribution in [-0.4, -0.2) is 24.1 Å². The van der Waals surface area contributed by atoms with Crippen LogP contribution in [0.15, 0.2) is 66.0 Å². The van der Waals surface area contributed by atoms with Crippen LogP contribution in [0.1, 0.15) is 74.5 Å². The number of aliphatic imine (C=N–C) groups is 1. The molecular weight excluding hydrogens is 414 g/mol. The standard InChI is InChI=1S/C23H23N3O3.2C2H6/c1-16(2)25-23-7-6-19(14-24-23)21(12-17-8-10-26(28)11-9-17)18-4-5-20(15-27)22(13-18)29-3;2*1-2/h4-11,13-15,21H,12H2,1-3H3;2*1-2H3. The lowest BCUT2D eigenvalue weighted by Crippen LogP contribution is -2.24. The number of nitrogens with zero attached hydrogens (tertiary/aromatic N) is 3. The molecule has 0 fully saturated rings. The van der Waals surface area contributed by atoms with Gasteiger partial charge in [-0.15, -0.1) is 0 Å². The maximum absolute atomic E-state index is 11.4. The van der Waals surface area contributed by atoms with Gasteiger partial charge in [0, 0.05) is 30.0 Å². The topological polar surface area (TPSA) is 78.5 Å². The molecule has 0 radical (unpaired) electrons. The fourth-order valence-corrected chi connectivity index (χ4v) is 3.18. The molecule has 1 aromatic carbocycles. The van der Waals surface area contributed by atoms with Gasteiger partial charge in [0.2, 0.25) is 0 Å². The number of hydrogen-bond donors (Lipinski definition) is 0. The zero-order valence-electron chi connectivity index (χ0n) is 20.7. The first-order valence-corrected chi connectivity index (χ1v) is 11.3. The summed E-state index contributed by atoms with van der Waals surface area (Å²) in [4.78, 5) is 20.1. The molecule has 0 aliphatic rings. The van der Waals surface area contributed by atoms with Crippen LogP contribution in [0.5, 0.6) is 5.75 Å². The number of aromatic nitrogens is 2. The second-order valence-electron chi connectivity index (χ2n) is 6.95. The Kier molecular flexibility index (Phi) is 12.1. The quantitative estimate of drug-likeness (QED) is 0.190. The molecule has 6 nitrogen and oxygen atoms in total. The van der Waals surface area contributed by atoms with Crippen molar-refractivity contribution >= 4 is 17.8 Å². The maximum Gasteiger partial charge on any atom is 0.180 e. The number of ether oxygens (including phenoxy) is 1. The molecule has 0 saturated carbocycles. The molecular formula is C27H35N3O3. The fourth-order valence-electron chi connectivity index (χ4n) is 3.18. The van der Waals surface area contributed by atoms with E-state index in [1.165, 1.54) is 12.4 Å². The van der Waals surface area contributed by atoms with Crippen LogP contribution in [-0.2, 0) is 6.42 Å². The average Bonchev–Trinajstić information content (AvgIpc) is 2.86. The van der Waals surface area contributed by atoms with Crippen LogP contribution >= 0.6 is 0 Å². The van der Waals surface area contributed by atoms with E-state index in [-0.39, 0.29) is 5.92 Å². The Morgan fingerprint density at radius 2 is 1.70 bits per heavy atom. The number of aldehydes is 1.